The maximum Gasteiger partial charge on any atom is 0.123 e. The van der Waals surface area contributed by atoms with Crippen molar-refractivity contribution in [3.8, 4) is 0 Å². The summed E-state index contributed by atoms with van der Waals surface area (Å²) in [5.41, 5.74) is 1.60. The Morgan fingerprint density at radius 1 is 1.47 bits per heavy atom. The van der Waals surface area contributed by atoms with Crippen molar-refractivity contribution in [2.24, 2.45) is 0 Å². The van der Waals surface area contributed by atoms with Crippen molar-refractivity contribution < 1.29 is 9.50 Å². The minimum atomic E-state index is -0.539. The van der Waals surface area contributed by atoms with E-state index in [-0.39, 0.29) is 11.2 Å². The van der Waals surface area contributed by atoms with Gasteiger partial charge in [0.2, 0.25) is 0 Å². The Morgan fingerprint density at radius 2 is 2.20 bits per heavy atom. The lowest BCUT2D eigenvalue weighted by atomic mass is 9.81. The summed E-state index contributed by atoms with van der Waals surface area (Å²) < 4.78 is 13.2. The summed E-state index contributed by atoms with van der Waals surface area (Å²) in [6, 6.07) is 4.62. The van der Waals surface area contributed by atoms with Crippen LogP contribution in [0.5, 0.6) is 0 Å². The molecule has 0 fully saturated rings. The molecular formula is C12H16FNO. The third kappa shape index (κ3) is 1.90. The molecule has 3 heteroatoms. The lowest BCUT2D eigenvalue weighted by molar-refractivity contribution is 0.177. The van der Waals surface area contributed by atoms with Crippen molar-refractivity contribution >= 4 is 0 Å². The SMILES string of the molecule is CC1(C)CNCC(O)c2ccc(F)cc21. The monoisotopic (exact) mass is 209 g/mol. The Balaban J connectivity index is 2.57. The molecule has 0 amide bonds. The molecule has 0 bridgehead atoms. The van der Waals surface area contributed by atoms with Crippen molar-refractivity contribution in [3.63, 3.8) is 0 Å². The fraction of sp³-hybridized carbons (Fsp3) is 0.500. The van der Waals surface area contributed by atoms with E-state index in [0.29, 0.717) is 6.54 Å². The lowest BCUT2D eigenvalue weighted by Crippen LogP contribution is -2.31. The molecule has 2 rings (SSSR count). The normalized spacial score (nSPS) is 24.4. The first kappa shape index (κ1) is 10.6. The van der Waals surface area contributed by atoms with Crippen LogP contribution in [-0.4, -0.2) is 18.2 Å². The number of aliphatic hydroxyl groups is 1. The van der Waals surface area contributed by atoms with Gasteiger partial charge in [0.1, 0.15) is 5.82 Å². The molecule has 0 aliphatic carbocycles. The van der Waals surface area contributed by atoms with E-state index in [1.165, 1.54) is 12.1 Å². The van der Waals surface area contributed by atoms with Crippen molar-refractivity contribution in [1.29, 1.82) is 0 Å². The van der Waals surface area contributed by atoms with Gasteiger partial charge in [-0.1, -0.05) is 19.9 Å². The van der Waals surface area contributed by atoms with Crippen LogP contribution >= 0.6 is 0 Å². The Bertz CT molecular complexity index is 376. The molecule has 15 heavy (non-hydrogen) atoms. The van der Waals surface area contributed by atoms with Crippen LogP contribution in [0.4, 0.5) is 4.39 Å². The smallest absolute Gasteiger partial charge is 0.123 e. The van der Waals surface area contributed by atoms with Gasteiger partial charge >= 0.3 is 0 Å². The fourth-order valence-electron chi connectivity index (χ4n) is 2.13. The van der Waals surface area contributed by atoms with Crippen LogP contribution in [0.1, 0.15) is 31.1 Å². The van der Waals surface area contributed by atoms with Gasteiger partial charge in [-0.3, -0.25) is 0 Å². The van der Waals surface area contributed by atoms with E-state index in [4.69, 9.17) is 0 Å². The number of fused-ring (bicyclic) bond motifs is 1. The van der Waals surface area contributed by atoms with Crippen LogP contribution in [0.2, 0.25) is 0 Å². The van der Waals surface area contributed by atoms with E-state index >= 15 is 0 Å². The minimum absolute atomic E-state index is 0.144. The molecule has 0 radical (unpaired) electrons. The second-order valence-corrected chi connectivity index (χ2v) is 4.76. The number of halogens is 1. The molecule has 0 saturated carbocycles. The maximum absolute atomic E-state index is 13.2. The average molecular weight is 209 g/mol. The van der Waals surface area contributed by atoms with Crippen LogP contribution in [-0.2, 0) is 5.41 Å². The molecule has 0 spiro atoms. The van der Waals surface area contributed by atoms with E-state index in [2.05, 4.69) is 19.2 Å². The van der Waals surface area contributed by atoms with E-state index in [0.717, 1.165) is 17.7 Å². The van der Waals surface area contributed by atoms with E-state index in [1.807, 2.05) is 0 Å². The van der Waals surface area contributed by atoms with Gasteiger partial charge in [-0.25, -0.2) is 4.39 Å². The third-order valence-corrected chi connectivity index (χ3v) is 3.01. The van der Waals surface area contributed by atoms with Crippen LogP contribution in [0.3, 0.4) is 0 Å². The molecule has 1 unspecified atom stereocenters. The van der Waals surface area contributed by atoms with Gasteiger partial charge in [0.25, 0.3) is 0 Å². The predicted octanol–water partition coefficient (Wildman–Crippen LogP) is 1.74. The molecule has 0 saturated heterocycles. The van der Waals surface area contributed by atoms with Gasteiger partial charge in [0.05, 0.1) is 6.10 Å². The molecular weight excluding hydrogens is 193 g/mol. The van der Waals surface area contributed by atoms with Gasteiger partial charge in [0.15, 0.2) is 0 Å². The van der Waals surface area contributed by atoms with Crippen molar-refractivity contribution in [3.05, 3.63) is 35.1 Å². The molecule has 0 aromatic heterocycles. The zero-order valence-corrected chi connectivity index (χ0v) is 9.05. The molecule has 1 atom stereocenters. The van der Waals surface area contributed by atoms with Crippen LogP contribution in [0.15, 0.2) is 18.2 Å². The number of benzene rings is 1. The largest absolute Gasteiger partial charge is 0.387 e. The Labute approximate surface area is 89.1 Å². The molecule has 1 aliphatic rings. The van der Waals surface area contributed by atoms with Crippen molar-refractivity contribution in [2.75, 3.05) is 13.1 Å². The molecule has 1 aromatic rings. The van der Waals surface area contributed by atoms with Gasteiger partial charge in [0, 0.05) is 18.5 Å². The summed E-state index contributed by atoms with van der Waals surface area (Å²) in [7, 11) is 0. The highest BCUT2D eigenvalue weighted by Gasteiger charge is 2.29. The zero-order chi connectivity index (χ0) is 11.1. The zero-order valence-electron chi connectivity index (χ0n) is 9.05. The highest BCUT2D eigenvalue weighted by atomic mass is 19.1. The van der Waals surface area contributed by atoms with Crippen LogP contribution in [0.25, 0.3) is 0 Å². The summed E-state index contributed by atoms with van der Waals surface area (Å²) in [4.78, 5) is 0. The van der Waals surface area contributed by atoms with Crippen LogP contribution < -0.4 is 5.32 Å². The molecule has 1 aromatic carbocycles. The topological polar surface area (TPSA) is 32.3 Å². The van der Waals surface area contributed by atoms with Gasteiger partial charge in [-0.15, -0.1) is 0 Å². The third-order valence-electron chi connectivity index (χ3n) is 3.01. The average Bonchev–Trinajstić information content (AvgIpc) is 2.26. The van der Waals surface area contributed by atoms with Crippen molar-refractivity contribution in [2.45, 2.75) is 25.4 Å². The summed E-state index contributed by atoms with van der Waals surface area (Å²) in [5.74, 6) is -0.240. The van der Waals surface area contributed by atoms with E-state index < -0.39 is 6.10 Å². The number of rotatable bonds is 0. The van der Waals surface area contributed by atoms with Crippen molar-refractivity contribution in [1.82, 2.24) is 5.32 Å². The second-order valence-electron chi connectivity index (χ2n) is 4.76. The summed E-state index contributed by atoms with van der Waals surface area (Å²) in [5, 5.41) is 13.1. The lowest BCUT2D eigenvalue weighted by Gasteiger charge is -2.25. The quantitative estimate of drug-likeness (QED) is 0.682. The molecule has 2 N–H and O–H groups in total. The summed E-state index contributed by atoms with van der Waals surface area (Å²) in [6.07, 6.45) is -0.539. The fourth-order valence-corrected chi connectivity index (χ4v) is 2.13. The van der Waals surface area contributed by atoms with E-state index in [1.54, 1.807) is 6.07 Å². The first-order chi connectivity index (χ1) is 7.00. The second kappa shape index (κ2) is 3.58. The number of hydrogen-bond donors (Lipinski definition) is 2. The molecule has 2 nitrogen and oxygen atoms in total. The van der Waals surface area contributed by atoms with Gasteiger partial charge < -0.3 is 10.4 Å². The predicted molar refractivity (Wildman–Crippen MR) is 57.3 cm³/mol. The standard InChI is InChI=1S/C12H16FNO/c1-12(2)7-14-6-11(15)9-4-3-8(13)5-10(9)12/h3-5,11,14-15H,6-7H2,1-2H3. The number of aliphatic hydroxyl groups excluding tert-OH is 1. The number of β-amino-alcohol motifs (C(OH)–C–C–N with tert-alkyl or cyclic N) is 1. The molecule has 1 heterocycles. The van der Waals surface area contributed by atoms with Gasteiger partial charge in [-0.05, 0) is 23.3 Å². The summed E-state index contributed by atoms with van der Waals surface area (Å²) in [6.45, 7) is 5.38. The first-order valence-corrected chi connectivity index (χ1v) is 5.19. The number of hydrogen-bond acceptors (Lipinski definition) is 2. The highest BCUT2D eigenvalue weighted by Crippen LogP contribution is 2.32. The van der Waals surface area contributed by atoms with Gasteiger partial charge in [-0.2, -0.15) is 0 Å². The Hall–Kier alpha value is -0.930. The molecule has 1 aliphatic heterocycles. The Kier molecular flexibility index (Phi) is 2.52. The maximum atomic E-state index is 13.2. The Morgan fingerprint density at radius 3 is 2.93 bits per heavy atom. The first-order valence-electron chi connectivity index (χ1n) is 5.19. The highest BCUT2D eigenvalue weighted by molar-refractivity contribution is 5.37. The molecule has 82 valence electrons. The number of nitrogens with one attached hydrogen (secondary N) is 1. The van der Waals surface area contributed by atoms with E-state index in [9.17, 15) is 9.50 Å². The van der Waals surface area contributed by atoms with Crippen LogP contribution in [0, 0.1) is 5.82 Å². The minimum Gasteiger partial charge on any atom is -0.387 e. The summed E-state index contributed by atoms with van der Waals surface area (Å²) >= 11 is 0.